The van der Waals surface area contributed by atoms with Gasteiger partial charge in [0.15, 0.2) is 0 Å². The van der Waals surface area contributed by atoms with Crippen LogP contribution in [0.25, 0.3) is 0 Å². The fourth-order valence-electron chi connectivity index (χ4n) is 3.15. The standard InChI is InChI=1S/C23H39N5/c1-2-27(21-17-25-16-12-11-15-24)19-13-9-7-5-3-4-6-8-10-14-20-28-22-18-26-23-28/h2,17-18,21-23,25H,1,3-14,16,19-20H2/b21-17-. The molecule has 156 valence electrons. The van der Waals surface area contributed by atoms with Gasteiger partial charge in [0.05, 0.1) is 12.4 Å². The molecule has 0 atom stereocenters. The number of nitriles is 1. The summed E-state index contributed by atoms with van der Waals surface area (Å²) in [7, 11) is 0. The molecular formula is C23H39N5. The van der Waals surface area contributed by atoms with Crippen LogP contribution in [0.4, 0.5) is 0 Å². The zero-order chi connectivity index (χ0) is 20.1. The molecule has 0 unspecified atom stereocenters. The maximum atomic E-state index is 8.49. The summed E-state index contributed by atoms with van der Waals surface area (Å²) in [6.45, 7) is 6.85. The lowest BCUT2D eigenvalue weighted by atomic mass is 10.1. The average Bonchev–Trinajstić information content (AvgIpc) is 3.23. The minimum Gasteiger partial charge on any atom is -0.390 e. The first-order valence-corrected chi connectivity index (χ1v) is 11.0. The van der Waals surface area contributed by atoms with Gasteiger partial charge in [0.25, 0.3) is 0 Å². The van der Waals surface area contributed by atoms with Crippen LogP contribution in [0.2, 0.25) is 0 Å². The van der Waals surface area contributed by atoms with Crippen LogP contribution in [0.15, 0.2) is 43.9 Å². The number of hydrogen-bond acceptors (Lipinski definition) is 4. The third kappa shape index (κ3) is 13.9. The van der Waals surface area contributed by atoms with E-state index in [4.69, 9.17) is 5.26 Å². The van der Waals surface area contributed by atoms with Crippen LogP contribution >= 0.6 is 0 Å². The Morgan fingerprint density at radius 2 is 1.68 bits per heavy atom. The number of nitrogens with zero attached hydrogens (tertiary/aromatic N) is 4. The lowest BCUT2D eigenvalue weighted by Crippen LogP contribution is -2.14. The third-order valence-corrected chi connectivity index (χ3v) is 4.87. The van der Waals surface area contributed by atoms with Crippen molar-refractivity contribution in [2.24, 2.45) is 0 Å². The van der Waals surface area contributed by atoms with Crippen molar-refractivity contribution in [3.8, 4) is 6.07 Å². The van der Waals surface area contributed by atoms with E-state index in [1.165, 1.54) is 64.2 Å². The van der Waals surface area contributed by atoms with E-state index in [1.807, 2.05) is 37.3 Å². The lowest BCUT2D eigenvalue weighted by molar-refractivity contribution is 0.462. The summed E-state index contributed by atoms with van der Waals surface area (Å²) >= 11 is 0. The Morgan fingerprint density at radius 1 is 1.00 bits per heavy atom. The van der Waals surface area contributed by atoms with Crippen LogP contribution in [-0.2, 0) is 6.54 Å². The SMILES string of the molecule is C=CN(/C=C\NCCCC#N)CCCCCCCCCCCCn1ccnc1. The largest absolute Gasteiger partial charge is 0.390 e. The van der Waals surface area contributed by atoms with Crippen LogP contribution in [-0.4, -0.2) is 27.5 Å². The summed E-state index contributed by atoms with van der Waals surface area (Å²) in [6.07, 6.45) is 26.4. The van der Waals surface area contributed by atoms with Crippen molar-refractivity contribution in [2.45, 2.75) is 83.6 Å². The van der Waals surface area contributed by atoms with Crippen molar-refractivity contribution in [2.75, 3.05) is 13.1 Å². The molecule has 0 saturated heterocycles. The number of rotatable bonds is 19. The van der Waals surface area contributed by atoms with Gasteiger partial charge >= 0.3 is 0 Å². The summed E-state index contributed by atoms with van der Waals surface area (Å²) in [5, 5.41) is 11.7. The molecule has 1 aromatic rings. The molecule has 0 aliphatic carbocycles. The van der Waals surface area contributed by atoms with Crippen molar-refractivity contribution in [1.82, 2.24) is 19.8 Å². The smallest absolute Gasteiger partial charge is 0.0945 e. The molecule has 0 saturated carbocycles. The maximum absolute atomic E-state index is 8.49. The molecule has 0 aliphatic heterocycles. The van der Waals surface area contributed by atoms with E-state index in [2.05, 4.69) is 32.4 Å². The van der Waals surface area contributed by atoms with Crippen LogP contribution in [0.5, 0.6) is 0 Å². The average molecular weight is 386 g/mol. The zero-order valence-electron chi connectivity index (χ0n) is 17.6. The van der Waals surface area contributed by atoms with Crippen LogP contribution in [0, 0.1) is 11.3 Å². The van der Waals surface area contributed by atoms with Crippen molar-refractivity contribution in [3.05, 3.63) is 43.9 Å². The molecule has 0 fully saturated rings. The summed E-state index contributed by atoms with van der Waals surface area (Å²) in [6, 6.07) is 2.15. The second-order valence-corrected chi connectivity index (χ2v) is 7.29. The topological polar surface area (TPSA) is 56.9 Å². The van der Waals surface area contributed by atoms with Gasteiger partial charge in [0.1, 0.15) is 0 Å². The van der Waals surface area contributed by atoms with Crippen molar-refractivity contribution >= 4 is 0 Å². The molecule has 0 radical (unpaired) electrons. The van der Waals surface area contributed by atoms with Gasteiger partial charge in [-0.2, -0.15) is 5.26 Å². The number of imidazole rings is 1. The molecule has 1 rings (SSSR count). The molecular weight excluding hydrogens is 346 g/mol. The molecule has 0 bridgehead atoms. The number of unbranched alkanes of at least 4 members (excludes halogenated alkanes) is 10. The van der Waals surface area contributed by atoms with Crippen LogP contribution in [0.3, 0.4) is 0 Å². The van der Waals surface area contributed by atoms with Gasteiger partial charge in [-0.05, 0) is 25.5 Å². The van der Waals surface area contributed by atoms with Gasteiger partial charge in [-0.25, -0.2) is 4.98 Å². The van der Waals surface area contributed by atoms with E-state index in [0.29, 0.717) is 6.42 Å². The molecule has 0 aliphatic rings. The predicted octanol–water partition coefficient (Wildman–Crippen LogP) is 5.59. The summed E-state index contributed by atoms with van der Waals surface area (Å²) < 4.78 is 2.16. The Bertz CT molecular complexity index is 530. The molecule has 5 nitrogen and oxygen atoms in total. The normalized spacial score (nSPS) is 10.8. The molecule has 0 aromatic carbocycles. The second kappa shape index (κ2) is 18.2. The Labute approximate surface area is 172 Å². The van der Waals surface area contributed by atoms with E-state index < -0.39 is 0 Å². The molecule has 5 heteroatoms. The van der Waals surface area contributed by atoms with Gasteiger partial charge in [-0.15, -0.1) is 0 Å². The maximum Gasteiger partial charge on any atom is 0.0945 e. The highest BCUT2D eigenvalue weighted by Crippen LogP contribution is 2.11. The number of aryl methyl sites for hydroxylation is 1. The van der Waals surface area contributed by atoms with Gasteiger partial charge < -0.3 is 14.8 Å². The Balaban J connectivity index is 1.83. The Hall–Kier alpha value is -2.22. The molecule has 1 N–H and O–H groups in total. The number of hydrogen-bond donors (Lipinski definition) is 1. The van der Waals surface area contributed by atoms with E-state index in [9.17, 15) is 0 Å². The first-order chi connectivity index (χ1) is 13.9. The van der Waals surface area contributed by atoms with E-state index in [-0.39, 0.29) is 0 Å². The first kappa shape index (κ1) is 23.8. The minimum atomic E-state index is 0.609. The van der Waals surface area contributed by atoms with E-state index in [1.54, 1.807) is 0 Å². The fourth-order valence-corrected chi connectivity index (χ4v) is 3.15. The molecule has 28 heavy (non-hydrogen) atoms. The monoisotopic (exact) mass is 385 g/mol. The Kier molecular flexibility index (Phi) is 15.4. The summed E-state index contributed by atoms with van der Waals surface area (Å²) in [5.41, 5.74) is 0. The predicted molar refractivity (Wildman–Crippen MR) is 117 cm³/mol. The molecule has 0 amide bonds. The van der Waals surface area contributed by atoms with Gasteiger partial charge in [0, 0.05) is 50.8 Å². The van der Waals surface area contributed by atoms with Gasteiger partial charge in [-0.1, -0.05) is 57.9 Å². The van der Waals surface area contributed by atoms with Crippen molar-refractivity contribution in [1.29, 1.82) is 5.26 Å². The van der Waals surface area contributed by atoms with Crippen LogP contribution in [0.1, 0.15) is 77.0 Å². The number of aromatic nitrogens is 2. The van der Waals surface area contributed by atoms with Gasteiger partial charge in [0.2, 0.25) is 0 Å². The van der Waals surface area contributed by atoms with E-state index >= 15 is 0 Å². The summed E-state index contributed by atoms with van der Waals surface area (Å²) in [5.74, 6) is 0. The lowest BCUT2D eigenvalue weighted by Gasteiger charge is -2.14. The highest BCUT2D eigenvalue weighted by Gasteiger charge is 1.96. The summed E-state index contributed by atoms with van der Waals surface area (Å²) in [4.78, 5) is 6.20. The highest BCUT2D eigenvalue weighted by atomic mass is 15.1. The number of nitrogens with one attached hydrogen (secondary N) is 1. The van der Waals surface area contributed by atoms with Crippen LogP contribution < -0.4 is 5.32 Å². The first-order valence-electron chi connectivity index (χ1n) is 11.0. The molecule has 1 aromatic heterocycles. The highest BCUT2D eigenvalue weighted by molar-refractivity contribution is 4.86. The molecule has 0 spiro atoms. The third-order valence-electron chi connectivity index (χ3n) is 4.87. The molecule has 1 heterocycles. The quantitative estimate of drug-likeness (QED) is 0.315. The van der Waals surface area contributed by atoms with Crippen molar-refractivity contribution < 1.29 is 0 Å². The second-order valence-electron chi connectivity index (χ2n) is 7.29. The minimum absolute atomic E-state index is 0.609. The van der Waals surface area contributed by atoms with E-state index in [0.717, 1.165) is 26.1 Å². The van der Waals surface area contributed by atoms with Crippen molar-refractivity contribution in [3.63, 3.8) is 0 Å². The zero-order valence-corrected chi connectivity index (χ0v) is 17.6. The Morgan fingerprint density at radius 3 is 2.29 bits per heavy atom. The van der Waals surface area contributed by atoms with Gasteiger partial charge in [-0.3, -0.25) is 0 Å². The fraction of sp³-hybridized carbons (Fsp3) is 0.652.